The standard InChI is InChI=1S/C23H22N4O4S/c28-21-9-8-20(25-23(29)17-5-4-10-24-12-17)22-18-11-16(14-27(21)22)13-26(15-18)32(30,31)19-6-2-1-3-7-19/h1-10,12,16,18H,11,13-15H2,(H,25,29)/t16-,18+/m0/s1. The molecule has 1 fully saturated rings. The molecule has 0 spiro atoms. The minimum atomic E-state index is -3.65. The Morgan fingerprint density at radius 1 is 1.00 bits per heavy atom. The van der Waals surface area contributed by atoms with Gasteiger partial charge in [0.25, 0.3) is 11.5 Å². The second kappa shape index (κ2) is 7.99. The first kappa shape index (κ1) is 20.6. The van der Waals surface area contributed by atoms with Crippen LogP contribution in [0.5, 0.6) is 0 Å². The van der Waals surface area contributed by atoms with Crippen LogP contribution in [0.25, 0.3) is 0 Å². The molecule has 1 saturated heterocycles. The molecule has 9 heteroatoms. The molecule has 0 radical (unpaired) electrons. The van der Waals surface area contributed by atoms with Crippen molar-refractivity contribution in [2.75, 3.05) is 18.4 Å². The third kappa shape index (κ3) is 3.63. The normalized spacial score (nSPS) is 20.4. The lowest BCUT2D eigenvalue weighted by Gasteiger charge is -2.42. The molecule has 1 N–H and O–H groups in total. The van der Waals surface area contributed by atoms with Crippen LogP contribution in [0.1, 0.15) is 28.4 Å². The molecule has 1 aromatic carbocycles. The maximum Gasteiger partial charge on any atom is 0.257 e. The summed E-state index contributed by atoms with van der Waals surface area (Å²) in [7, 11) is -3.65. The Morgan fingerprint density at radius 3 is 2.56 bits per heavy atom. The summed E-state index contributed by atoms with van der Waals surface area (Å²) < 4.78 is 29.6. The molecule has 0 aliphatic carbocycles. The van der Waals surface area contributed by atoms with Crippen LogP contribution in [0.4, 0.5) is 5.69 Å². The van der Waals surface area contributed by atoms with Crippen molar-refractivity contribution < 1.29 is 13.2 Å². The minimum Gasteiger partial charge on any atom is -0.320 e. The van der Waals surface area contributed by atoms with Crippen molar-refractivity contribution in [3.05, 3.63) is 88.6 Å². The van der Waals surface area contributed by atoms with E-state index in [2.05, 4.69) is 10.3 Å². The van der Waals surface area contributed by atoms with E-state index in [1.54, 1.807) is 59.3 Å². The van der Waals surface area contributed by atoms with Crippen molar-refractivity contribution >= 4 is 21.6 Å². The number of rotatable bonds is 4. The zero-order chi connectivity index (χ0) is 22.3. The number of pyridine rings is 2. The van der Waals surface area contributed by atoms with Gasteiger partial charge < -0.3 is 9.88 Å². The number of piperidine rings is 1. The van der Waals surface area contributed by atoms with Gasteiger partial charge in [-0.15, -0.1) is 0 Å². The quantitative estimate of drug-likeness (QED) is 0.657. The number of fused-ring (bicyclic) bond motifs is 4. The largest absolute Gasteiger partial charge is 0.320 e. The summed E-state index contributed by atoms with van der Waals surface area (Å²) >= 11 is 0. The number of sulfonamides is 1. The van der Waals surface area contributed by atoms with Gasteiger partial charge >= 0.3 is 0 Å². The van der Waals surface area contributed by atoms with E-state index >= 15 is 0 Å². The minimum absolute atomic E-state index is 0.0294. The van der Waals surface area contributed by atoms with Gasteiger partial charge in [-0.05, 0) is 42.7 Å². The molecule has 0 saturated carbocycles. The van der Waals surface area contributed by atoms with E-state index in [-0.39, 0.29) is 34.7 Å². The van der Waals surface area contributed by atoms with E-state index in [0.29, 0.717) is 30.0 Å². The average Bonchev–Trinajstić information content (AvgIpc) is 2.82. The monoisotopic (exact) mass is 450 g/mol. The predicted octanol–water partition coefficient (Wildman–Crippen LogP) is 2.30. The molecule has 0 unspecified atom stereocenters. The van der Waals surface area contributed by atoms with Crippen molar-refractivity contribution in [3.63, 3.8) is 0 Å². The van der Waals surface area contributed by atoms with Crippen LogP contribution in [-0.4, -0.2) is 41.3 Å². The van der Waals surface area contributed by atoms with E-state index in [9.17, 15) is 18.0 Å². The SMILES string of the molecule is O=C(Nc1ccc(=O)n2c1[C@@H]1C[C@@H](CN(S(=O)(=O)c3ccccc3)C1)C2)c1cccnc1. The number of hydrogen-bond acceptors (Lipinski definition) is 5. The highest BCUT2D eigenvalue weighted by atomic mass is 32.2. The third-order valence-corrected chi connectivity index (χ3v) is 7.96. The number of benzene rings is 1. The van der Waals surface area contributed by atoms with E-state index < -0.39 is 10.0 Å². The summed E-state index contributed by atoms with van der Waals surface area (Å²) in [6, 6.07) is 14.8. The Labute approximate surface area is 185 Å². The number of aromatic nitrogens is 2. The van der Waals surface area contributed by atoms with Gasteiger partial charge in [0.15, 0.2) is 0 Å². The number of nitrogens with one attached hydrogen (secondary N) is 1. The molecule has 4 heterocycles. The summed E-state index contributed by atoms with van der Waals surface area (Å²) in [4.78, 5) is 29.6. The van der Waals surface area contributed by atoms with Crippen molar-refractivity contribution in [1.82, 2.24) is 13.9 Å². The van der Waals surface area contributed by atoms with Gasteiger partial charge in [-0.1, -0.05) is 18.2 Å². The lowest BCUT2D eigenvalue weighted by atomic mass is 9.83. The van der Waals surface area contributed by atoms with Gasteiger partial charge in [-0.3, -0.25) is 14.6 Å². The highest BCUT2D eigenvalue weighted by Gasteiger charge is 2.40. The maximum absolute atomic E-state index is 13.2. The van der Waals surface area contributed by atoms with Crippen LogP contribution in [0, 0.1) is 5.92 Å². The van der Waals surface area contributed by atoms with Crippen molar-refractivity contribution in [1.29, 1.82) is 0 Å². The molecule has 3 aromatic rings. The van der Waals surface area contributed by atoms with Crippen molar-refractivity contribution in [3.8, 4) is 0 Å². The number of carbonyl (C=O) groups excluding carboxylic acids is 1. The second-order valence-corrected chi connectivity index (χ2v) is 10.1. The molecule has 2 aliphatic heterocycles. The Bertz CT molecular complexity index is 1320. The summed E-state index contributed by atoms with van der Waals surface area (Å²) in [5.41, 5.74) is 1.47. The molecular formula is C23H22N4O4S. The highest BCUT2D eigenvalue weighted by Crippen LogP contribution is 2.40. The average molecular weight is 451 g/mol. The number of amides is 1. The Morgan fingerprint density at radius 2 is 1.81 bits per heavy atom. The third-order valence-electron chi connectivity index (χ3n) is 6.11. The smallest absolute Gasteiger partial charge is 0.257 e. The Hall–Kier alpha value is -3.30. The first-order valence-corrected chi connectivity index (χ1v) is 11.9. The summed E-state index contributed by atoms with van der Waals surface area (Å²) in [6.07, 6.45) is 3.83. The Kier molecular flexibility index (Phi) is 5.15. The first-order valence-electron chi connectivity index (χ1n) is 10.4. The molecule has 2 aliphatic rings. The van der Waals surface area contributed by atoms with Gasteiger partial charge in [0, 0.05) is 49.7 Å². The van der Waals surface area contributed by atoms with E-state index in [1.165, 1.54) is 16.6 Å². The van der Waals surface area contributed by atoms with E-state index in [4.69, 9.17) is 0 Å². The van der Waals surface area contributed by atoms with Gasteiger partial charge in [-0.25, -0.2) is 8.42 Å². The molecule has 1 amide bonds. The van der Waals surface area contributed by atoms with Crippen LogP contribution in [0.15, 0.2) is 76.7 Å². The van der Waals surface area contributed by atoms with Gasteiger partial charge in [0.1, 0.15) is 0 Å². The molecule has 32 heavy (non-hydrogen) atoms. The zero-order valence-electron chi connectivity index (χ0n) is 17.2. The summed E-state index contributed by atoms with van der Waals surface area (Å²) in [5.74, 6) is -0.493. The first-order chi connectivity index (χ1) is 15.4. The van der Waals surface area contributed by atoms with Crippen molar-refractivity contribution in [2.24, 2.45) is 5.92 Å². The van der Waals surface area contributed by atoms with Crippen LogP contribution in [0.3, 0.4) is 0 Å². The van der Waals surface area contributed by atoms with Crippen LogP contribution >= 0.6 is 0 Å². The number of anilines is 1. The van der Waals surface area contributed by atoms with Gasteiger partial charge in [-0.2, -0.15) is 4.31 Å². The number of carbonyl (C=O) groups is 1. The lowest BCUT2D eigenvalue weighted by Crippen LogP contribution is -2.49. The molecule has 2 aromatic heterocycles. The Balaban J connectivity index is 1.49. The number of hydrogen-bond donors (Lipinski definition) is 1. The second-order valence-electron chi connectivity index (χ2n) is 8.21. The fraction of sp³-hybridized carbons (Fsp3) is 0.261. The van der Waals surface area contributed by atoms with Crippen LogP contribution < -0.4 is 10.9 Å². The van der Waals surface area contributed by atoms with Crippen LogP contribution in [0.2, 0.25) is 0 Å². The lowest BCUT2D eigenvalue weighted by molar-refractivity contribution is 0.102. The molecule has 164 valence electrons. The predicted molar refractivity (Wildman–Crippen MR) is 119 cm³/mol. The highest BCUT2D eigenvalue weighted by molar-refractivity contribution is 7.89. The number of nitrogens with zero attached hydrogens (tertiary/aromatic N) is 3. The van der Waals surface area contributed by atoms with Crippen LogP contribution in [-0.2, 0) is 16.6 Å². The fourth-order valence-electron chi connectivity index (χ4n) is 4.71. The molecular weight excluding hydrogens is 428 g/mol. The molecule has 8 nitrogen and oxygen atoms in total. The van der Waals surface area contributed by atoms with Gasteiger partial charge in [0.05, 0.1) is 16.1 Å². The van der Waals surface area contributed by atoms with E-state index in [0.717, 1.165) is 6.42 Å². The van der Waals surface area contributed by atoms with E-state index in [1.807, 2.05) is 0 Å². The fourth-order valence-corrected chi connectivity index (χ4v) is 6.29. The molecule has 2 atom stereocenters. The van der Waals surface area contributed by atoms with Crippen molar-refractivity contribution in [2.45, 2.75) is 23.8 Å². The zero-order valence-corrected chi connectivity index (χ0v) is 18.0. The topological polar surface area (TPSA) is 101 Å². The maximum atomic E-state index is 13.2. The molecule has 5 rings (SSSR count). The summed E-state index contributed by atoms with van der Waals surface area (Å²) in [6.45, 7) is 1.04. The van der Waals surface area contributed by atoms with Gasteiger partial charge in [0.2, 0.25) is 10.0 Å². The molecule has 2 bridgehead atoms. The summed E-state index contributed by atoms with van der Waals surface area (Å²) in [5, 5.41) is 2.90.